The predicted molar refractivity (Wildman–Crippen MR) is 74.5 cm³/mol. The molecular weight excluding hydrogens is 222 g/mol. The summed E-state index contributed by atoms with van der Waals surface area (Å²) in [4.78, 5) is 0. The van der Waals surface area contributed by atoms with Gasteiger partial charge in [-0.05, 0) is 63.2 Å². The molecule has 3 rings (SSSR count). The van der Waals surface area contributed by atoms with Gasteiger partial charge in [-0.2, -0.15) is 7.05 Å². The third kappa shape index (κ3) is 1.42. The third-order valence-electron chi connectivity index (χ3n) is 5.93. The molecular formula is C16H26NO-. The Kier molecular flexibility index (Phi) is 2.54. The van der Waals surface area contributed by atoms with Crippen LogP contribution in [-0.2, 0) is 4.74 Å². The monoisotopic (exact) mass is 248 g/mol. The number of nitrogens with zero attached hydrogens (tertiary/aromatic N) is 1. The highest BCUT2D eigenvalue weighted by Crippen LogP contribution is 2.67. The molecule has 2 nitrogen and oxygen atoms in total. The van der Waals surface area contributed by atoms with Crippen molar-refractivity contribution >= 4 is 0 Å². The van der Waals surface area contributed by atoms with E-state index in [2.05, 4.69) is 32.7 Å². The molecule has 0 aromatic heterocycles. The Bertz CT molecular complexity index is 389. The van der Waals surface area contributed by atoms with E-state index >= 15 is 0 Å². The van der Waals surface area contributed by atoms with Crippen LogP contribution in [0, 0.1) is 17.3 Å². The van der Waals surface area contributed by atoms with E-state index in [-0.39, 0.29) is 11.3 Å². The minimum atomic E-state index is -0.226. The van der Waals surface area contributed by atoms with E-state index < -0.39 is 0 Å². The third-order valence-corrected chi connectivity index (χ3v) is 5.93. The van der Waals surface area contributed by atoms with Crippen molar-refractivity contribution in [1.82, 2.24) is 0 Å². The molecule has 1 aliphatic heterocycles. The molecule has 3 aliphatic rings. The molecule has 1 heterocycles. The van der Waals surface area contributed by atoms with Crippen molar-refractivity contribution in [2.75, 3.05) is 7.05 Å². The zero-order valence-corrected chi connectivity index (χ0v) is 12.3. The average molecular weight is 248 g/mol. The van der Waals surface area contributed by atoms with Crippen LogP contribution in [0.5, 0.6) is 0 Å². The van der Waals surface area contributed by atoms with E-state index in [1.54, 1.807) is 0 Å². The fraction of sp³-hybridized carbons (Fsp3) is 0.875. The standard InChI is InChI=1S/C16H26NO/c1-11-7-6-9-15(4)10-8-12(13(11)15)16(17-5)14(2,3)18-16/h12-13H,1,6-10H2,2-5H3/q-1/t12?,13-,15+,16?/m0/s1. The Labute approximate surface area is 111 Å². The summed E-state index contributed by atoms with van der Waals surface area (Å²) in [6.07, 6.45) is 6.45. The maximum atomic E-state index is 6.06. The first-order valence-corrected chi connectivity index (χ1v) is 7.35. The van der Waals surface area contributed by atoms with E-state index in [4.69, 9.17) is 4.74 Å². The Morgan fingerprint density at radius 1 is 1.28 bits per heavy atom. The van der Waals surface area contributed by atoms with Gasteiger partial charge in [0.15, 0.2) is 0 Å². The number of epoxide rings is 1. The average Bonchev–Trinajstić information content (AvgIpc) is 2.67. The predicted octanol–water partition coefficient (Wildman–Crippen LogP) is 4.27. The molecule has 0 aromatic carbocycles. The van der Waals surface area contributed by atoms with Gasteiger partial charge >= 0.3 is 0 Å². The first kappa shape index (κ1) is 12.7. The van der Waals surface area contributed by atoms with Gasteiger partial charge in [-0.15, -0.1) is 0 Å². The molecule has 0 amide bonds. The summed E-state index contributed by atoms with van der Waals surface area (Å²) < 4.78 is 6.06. The summed E-state index contributed by atoms with van der Waals surface area (Å²) in [6, 6.07) is 0. The minimum Gasteiger partial charge on any atom is -0.634 e. The van der Waals surface area contributed by atoms with Crippen molar-refractivity contribution in [3.8, 4) is 0 Å². The summed E-state index contributed by atoms with van der Waals surface area (Å²) in [5, 5.41) is 4.66. The van der Waals surface area contributed by atoms with E-state index in [1.165, 1.54) is 37.7 Å². The van der Waals surface area contributed by atoms with Crippen LogP contribution in [0.1, 0.15) is 52.9 Å². The summed E-state index contributed by atoms with van der Waals surface area (Å²) in [6.45, 7) is 11.2. The molecule has 0 radical (unpaired) electrons. The molecule has 2 saturated carbocycles. The lowest BCUT2D eigenvalue weighted by Crippen LogP contribution is -2.38. The zero-order valence-electron chi connectivity index (χ0n) is 12.3. The molecule has 18 heavy (non-hydrogen) atoms. The molecule has 102 valence electrons. The summed E-state index contributed by atoms with van der Waals surface area (Å²) in [5.41, 5.74) is 1.62. The lowest BCUT2D eigenvalue weighted by Gasteiger charge is -2.45. The molecule has 2 unspecified atom stereocenters. The van der Waals surface area contributed by atoms with E-state index in [1.807, 2.05) is 7.05 Å². The highest BCUT2D eigenvalue weighted by molar-refractivity contribution is 5.29. The van der Waals surface area contributed by atoms with Crippen LogP contribution in [0.15, 0.2) is 12.2 Å². The summed E-state index contributed by atoms with van der Waals surface area (Å²) >= 11 is 0. The van der Waals surface area contributed by atoms with Crippen LogP contribution in [0.3, 0.4) is 0 Å². The second-order valence-electron chi connectivity index (χ2n) is 7.32. The first-order valence-electron chi connectivity index (χ1n) is 7.35. The molecule has 4 atom stereocenters. The molecule has 0 aromatic rings. The number of allylic oxidation sites excluding steroid dienone is 1. The van der Waals surface area contributed by atoms with Crippen molar-refractivity contribution < 1.29 is 4.74 Å². The Morgan fingerprint density at radius 3 is 2.50 bits per heavy atom. The number of fused-ring (bicyclic) bond motifs is 1. The smallest absolute Gasteiger partial charge is 0.0714 e. The topological polar surface area (TPSA) is 26.6 Å². The fourth-order valence-electron chi connectivity index (χ4n) is 5.01. The number of likely N-dealkylation sites (N-methyl/N-ethyl adjacent to an activating group) is 1. The number of ether oxygens (including phenoxy) is 1. The van der Waals surface area contributed by atoms with Crippen molar-refractivity contribution in [2.24, 2.45) is 17.3 Å². The normalized spacial score (nSPS) is 50.1. The zero-order chi connectivity index (χ0) is 13.2. The van der Waals surface area contributed by atoms with Crippen LogP contribution in [-0.4, -0.2) is 18.4 Å². The van der Waals surface area contributed by atoms with Gasteiger partial charge < -0.3 is 10.1 Å². The molecule has 1 saturated heterocycles. The maximum Gasteiger partial charge on any atom is 0.0714 e. The van der Waals surface area contributed by atoms with Crippen molar-refractivity contribution in [3.63, 3.8) is 0 Å². The Hall–Kier alpha value is -0.340. The summed E-state index contributed by atoms with van der Waals surface area (Å²) in [5.74, 6) is 1.17. The number of rotatable bonds is 2. The van der Waals surface area contributed by atoms with Gasteiger partial charge in [-0.25, -0.2) is 0 Å². The van der Waals surface area contributed by atoms with Crippen LogP contribution in [0.2, 0.25) is 0 Å². The van der Waals surface area contributed by atoms with Crippen molar-refractivity contribution in [1.29, 1.82) is 0 Å². The molecule has 0 spiro atoms. The fourth-order valence-corrected chi connectivity index (χ4v) is 5.01. The summed E-state index contributed by atoms with van der Waals surface area (Å²) in [7, 11) is 1.93. The van der Waals surface area contributed by atoms with Crippen LogP contribution in [0.25, 0.3) is 5.32 Å². The molecule has 2 aliphatic carbocycles. The van der Waals surface area contributed by atoms with E-state index in [0.717, 1.165) is 0 Å². The van der Waals surface area contributed by atoms with E-state index in [9.17, 15) is 0 Å². The number of hydrogen-bond donors (Lipinski definition) is 0. The highest BCUT2D eigenvalue weighted by Gasteiger charge is 2.65. The quantitative estimate of drug-likeness (QED) is 0.529. The van der Waals surface area contributed by atoms with Crippen LogP contribution >= 0.6 is 0 Å². The van der Waals surface area contributed by atoms with Gasteiger partial charge in [-0.1, -0.05) is 19.1 Å². The molecule has 3 fully saturated rings. The Morgan fingerprint density at radius 2 is 1.94 bits per heavy atom. The second-order valence-corrected chi connectivity index (χ2v) is 7.32. The van der Waals surface area contributed by atoms with Gasteiger partial charge in [0.05, 0.1) is 5.60 Å². The highest BCUT2D eigenvalue weighted by atomic mass is 16.6. The van der Waals surface area contributed by atoms with Gasteiger partial charge in [0.25, 0.3) is 0 Å². The second kappa shape index (κ2) is 3.61. The molecule has 0 bridgehead atoms. The Balaban J connectivity index is 1.93. The van der Waals surface area contributed by atoms with Crippen molar-refractivity contribution in [3.05, 3.63) is 17.5 Å². The van der Waals surface area contributed by atoms with Crippen LogP contribution in [0.4, 0.5) is 0 Å². The van der Waals surface area contributed by atoms with Gasteiger partial charge in [0.2, 0.25) is 0 Å². The van der Waals surface area contributed by atoms with Crippen molar-refractivity contribution in [2.45, 2.75) is 64.2 Å². The van der Waals surface area contributed by atoms with Gasteiger partial charge in [0, 0.05) is 5.72 Å². The molecule has 0 N–H and O–H groups in total. The SMILES string of the molecule is C=C1CCC[C@]2(C)CCC(C3([N-]C)OC3(C)C)[C@H]12. The first-order chi connectivity index (χ1) is 8.36. The number of hydrogen-bond acceptors (Lipinski definition) is 1. The van der Waals surface area contributed by atoms with Crippen LogP contribution < -0.4 is 0 Å². The molecule has 2 heteroatoms. The minimum absolute atomic E-state index is 0.0740. The lowest BCUT2D eigenvalue weighted by molar-refractivity contribution is 0.137. The maximum absolute atomic E-state index is 6.06. The van der Waals surface area contributed by atoms with E-state index in [0.29, 0.717) is 17.3 Å². The largest absolute Gasteiger partial charge is 0.634 e. The lowest BCUT2D eigenvalue weighted by atomic mass is 9.64. The van der Waals surface area contributed by atoms with Gasteiger partial charge in [0.1, 0.15) is 0 Å². The van der Waals surface area contributed by atoms with Gasteiger partial charge in [-0.3, -0.25) is 0 Å².